The van der Waals surface area contributed by atoms with Crippen LogP contribution >= 0.6 is 0 Å². The molecule has 0 bridgehead atoms. The first-order valence-electron chi connectivity index (χ1n) is 8.36. The van der Waals surface area contributed by atoms with E-state index in [1.807, 2.05) is 25.9 Å². The van der Waals surface area contributed by atoms with Crippen LogP contribution in [-0.4, -0.2) is 45.2 Å². The van der Waals surface area contributed by atoms with Crippen molar-refractivity contribution in [2.45, 2.75) is 46.0 Å². The molecule has 1 aliphatic rings. The summed E-state index contributed by atoms with van der Waals surface area (Å²) in [6.07, 6.45) is 0.537. The minimum atomic E-state index is -1.33. The zero-order valence-electron chi connectivity index (χ0n) is 16.4. The molecule has 0 aliphatic heterocycles. The highest BCUT2D eigenvalue weighted by Gasteiger charge is 2.54. The number of rotatable bonds is 3. The Morgan fingerprint density at radius 2 is 1.52 bits per heavy atom. The fourth-order valence-corrected chi connectivity index (χ4v) is 3.68. The van der Waals surface area contributed by atoms with Gasteiger partial charge in [0.25, 0.3) is 0 Å². The number of hydrogen-bond acceptors (Lipinski definition) is 6. The van der Waals surface area contributed by atoms with E-state index in [1.165, 1.54) is 14.2 Å². The number of aromatic nitrogens is 1. The molecule has 138 valence electrons. The van der Waals surface area contributed by atoms with Gasteiger partial charge < -0.3 is 14.4 Å². The van der Waals surface area contributed by atoms with E-state index in [0.717, 1.165) is 28.2 Å². The third-order valence-corrected chi connectivity index (χ3v) is 4.90. The number of carbonyl (C=O) groups is 2. The van der Waals surface area contributed by atoms with Gasteiger partial charge in [-0.05, 0) is 23.6 Å². The molecule has 0 unspecified atom stereocenters. The molecule has 2 rings (SSSR count). The molecule has 1 aliphatic carbocycles. The Balaban J connectivity index is 2.75. The van der Waals surface area contributed by atoms with Crippen LogP contribution in [0.15, 0.2) is 0 Å². The molecule has 0 radical (unpaired) electrons. The van der Waals surface area contributed by atoms with E-state index in [-0.39, 0.29) is 18.3 Å². The Bertz CT molecular complexity index is 701. The number of hydrogen-bond donors (Lipinski definition) is 0. The van der Waals surface area contributed by atoms with Gasteiger partial charge in [-0.15, -0.1) is 0 Å². The number of carbonyl (C=O) groups excluding carboxylic acids is 2. The Morgan fingerprint density at radius 3 is 1.92 bits per heavy atom. The summed E-state index contributed by atoms with van der Waals surface area (Å²) >= 11 is 0. The minimum Gasteiger partial charge on any atom is -0.468 e. The lowest BCUT2D eigenvalue weighted by molar-refractivity contribution is -0.168. The standard InChI is InChI=1S/C19H28N2O4/c1-11-12-9-19(16(22)24-7,17(23)25-8)10-13(12)14(18(2,3)4)20-15(11)21(5)6/h9-10H2,1-8H3. The molecule has 6 heteroatoms. The summed E-state index contributed by atoms with van der Waals surface area (Å²) in [5.41, 5.74) is 2.31. The van der Waals surface area contributed by atoms with Crippen molar-refractivity contribution in [3.63, 3.8) is 0 Å². The third-order valence-electron chi connectivity index (χ3n) is 4.90. The molecular weight excluding hydrogens is 320 g/mol. The van der Waals surface area contributed by atoms with Gasteiger partial charge >= 0.3 is 11.9 Å². The van der Waals surface area contributed by atoms with Crippen molar-refractivity contribution >= 4 is 17.8 Å². The lowest BCUT2D eigenvalue weighted by Gasteiger charge is -2.26. The van der Waals surface area contributed by atoms with Crippen LogP contribution in [0.2, 0.25) is 0 Å². The molecule has 1 aromatic rings. The van der Waals surface area contributed by atoms with Gasteiger partial charge in [-0.25, -0.2) is 4.98 Å². The number of nitrogens with zero attached hydrogens (tertiary/aromatic N) is 2. The predicted molar refractivity (Wildman–Crippen MR) is 95.9 cm³/mol. The van der Waals surface area contributed by atoms with Crippen LogP contribution in [0.1, 0.15) is 43.2 Å². The molecule has 6 nitrogen and oxygen atoms in total. The van der Waals surface area contributed by atoms with E-state index in [9.17, 15) is 9.59 Å². The minimum absolute atomic E-state index is 0.217. The van der Waals surface area contributed by atoms with E-state index in [2.05, 4.69) is 20.8 Å². The first-order valence-corrected chi connectivity index (χ1v) is 8.36. The summed E-state index contributed by atoms with van der Waals surface area (Å²) in [6.45, 7) is 8.24. The predicted octanol–water partition coefficient (Wildman–Crippen LogP) is 2.18. The summed E-state index contributed by atoms with van der Waals surface area (Å²) < 4.78 is 9.93. The van der Waals surface area contributed by atoms with E-state index >= 15 is 0 Å². The lowest BCUT2D eigenvalue weighted by Crippen LogP contribution is -2.42. The van der Waals surface area contributed by atoms with Crippen LogP contribution in [0.5, 0.6) is 0 Å². The normalized spacial score (nSPS) is 15.5. The van der Waals surface area contributed by atoms with Crippen LogP contribution in [0, 0.1) is 12.3 Å². The summed E-state index contributed by atoms with van der Waals surface area (Å²) in [4.78, 5) is 31.9. The zero-order chi connectivity index (χ0) is 19.2. The maximum absolute atomic E-state index is 12.5. The van der Waals surface area contributed by atoms with Gasteiger partial charge in [-0.1, -0.05) is 20.8 Å². The van der Waals surface area contributed by atoms with Crippen molar-refractivity contribution in [3.05, 3.63) is 22.4 Å². The van der Waals surface area contributed by atoms with Gasteiger partial charge in [0.2, 0.25) is 0 Å². The maximum Gasteiger partial charge on any atom is 0.323 e. The van der Waals surface area contributed by atoms with Gasteiger partial charge in [0.1, 0.15) is 5.82 Å². The van der Waals surface area contributed by atoms with E-state index < -0.39 is 17.4 Å². The average molecular weight is 348 g/mol. The highest BCUT2D eigenvalue weighted by molar-refractivity contribution is 6.01. The second-order valence-electron chi connectivity index (χ2n) is 7.93. The highest BCUT2D eigenvalue weighted by Crippen LogP contribution is 2.45. The molecule has 25 heavy (non-hydrogen) atoms. The average Bonchev–Trinajstić information content (AvgIpc) is 2.94. The topological polar surface area (TPSA) is 68.7 Å². The van der Waals surface area contributed by atoms with Crippen molar-refractivity contribution in [2.75, 3.05) is 33.2 Å². The molecule has 0 saturated heterocycles. The Kier molecular flexibility index (Phi) is 4.86. The van der Waals surface area contributed by atoms with Crippen molar-refractivity contribution < 1.29 is 19.1 Å². The van der Waals surface area contributed by atoms with Crippen LogP contribution in [0.3, 0.4) is 0 Å². The van der Waals surface area contributed by atoms with Crippen LogP contribution in [0.25, 0.3) is 0 Å². The molecule has 1 heterocycles. The molecule has 1 aromatic heterocycles. The first-order chi connectivity index (χ1) is 11.5. The first kappa shape index (κ1) is 19.2. The number of fused-ring (bicyclic) bond motifs is 1. The third kappa shape index (κ3) is 2.98. The fourth-order valence-electron chi connectivity index (χ4n) is 3.68. The number of anilines is 1. The number of pyridine rings is 1. The molecule has 0 N–H and O–H groups in total. The molecule has 0 amide bonds. The van der Waals surface area contributed by atoms with E-state index in [4.69, 9.17) is 14.5 Å². The monoisotopic (exact) mass is 348 g/mol. The lowest BCUT2D eigenvalue weighted by atomic mass is 9.83. The van der Waals surface area contributed by atoms with Gasteiger partial charge in [0.15, 0.2) is 5.41 Å². The Labute approximate surface area is 149 Å². The van der Waals surface area contributed by atoms with Crippen LogP contribution in [-0.2, 0) is 37.3 Å². The van der Waals surface area contributed by atoms with Crippen molar-refractivity contribution in [1.82, 2.24) is 4.98 Å². The smallest absolute Gasteiger partial charge is 0.323 e. The molecule has 0 atom stereocenters. The van der Waals surface area contributed by atoms with Crippen molar-refractivity contribution in [1.29, 1.82) is 0 Å². The SMILES string of the molecule is COC(=O)C1(C(=O)OC)Cc2c(C(C)(C)C)nc(N(C)C)c(C)c2C1. The van der Waals surface area contributed by atoms with Crippen molar-refractivity contribution in [3.8, 4) is 0 Å². The van der Waals surface area contributed by atoms with Crippen LogP contribution < -0.4 is 4.90 Å². The van der Waals surface area contributed by atoms with Crippen molar-refractivity contribution in [2.24, 2.45) is 5.41 Å². The largest absolute Gasteiger partial charge is 0.468 e. The second-order valence-corrected chi connectivity index (χ2v) is 7.93. The molecular formula is C19H28N2O4. The van der Waals surface area contributed by atoms with Gasteiger partial charge in [0.05, 0.1) is 19.9 Å². The highest BCUT2D eigenvalue weighted by atomic mass is 16.5. The Morgan fingerprint density at radius 1 is 1.04 bits per heavy atom. The zero-order valence-corrected chi connectivity index (χ0v) is 16.4. The number of ether oxygens (including phenoxy) is 2. The van der Waals surface area contributed by atoms with Crippen LogP contribution in [0.4, 0.5) is 5.82 Å². The summed E-state index contributed by atoms with van der Waals surface area (Å²) in [5, 5.41) is 0. The van der Waals surface area contributed by atoms with Gasteiger partial charge in [-0.2, -0.15) is 0 Å². The molecule has 0 spiro atoms. The quantitative estimate of drug-likeness (QED) is 0.616. The maximum atomic E-state index is 12.5. The molecule has 0 saturated carbocycles. The fraction of sp³-hybridized carbons (Fsp3) is 0.632. The van der Waals surface area contributed by atoms with Gasteiger partial charge in [-0.3, -0.25) is 9.59 Å². The van der Waals surface area contributed by atoms with E-state index in [1.54, 1.807) is 0 Å². The summed E-state index contributed by atoms with van der Waals surface area (Å²) in [5.74, 6) is -0.253. The number of methoxy groups -OCH3 is 2. The summed E-state index contributed by atoms with van der Waals surface area (Å²) in [6, 6.07) is 0. The second kappa shape index (κ2) is 6.32. The number of esters is 2. The van der Waals surface area contributed by atoms with Gasteiger partial charge in [0, 0.05) is 32.4 Å². The molecule has 0 aromatic carbocycles. The molecule has 0 fully saturated rings. The Hall–Kier alpha value is -2.11. The van der Waals surface area contributed by atoms with E-state index in [0.29, 0.717) is 0 Å². The summed E-state index contributed by atoms with van der Waals surface area (Å²) in [7, 11) is 6.49.